The number of rotatable bonds is 7. The highest BCUT2D eigenvalue weighted by molar-refractivity contribution is 6.31. The van der Waals surface area contributed by atoms with E-state index in [-0.39, 0.29) is 6.10 Å². The van der Waals surface area contributed by atoms with Crippen LogP contribution in [0.1, 0.15) is 25.1 Å². The molecule has 0 amide bonds. The number of benzene rings is 2. The molecule has 3 aromatic rings. The summed E-state index contributed by atoms with van der Waals surface area (Å²) in [5.74, 6) is 0.813. The number of hydrogen-bond acceptors (Lipinski definition) is 3. The van der Waals surface area contributed by atoms with Gasteiger partial charge in [-0.2, -0.15) is 5.10 Å². The van der Waals surface area contributed by atoms with Gasteiger partial charge in [0.15, 0.2) is 0 Å². The first kappa shape index (κ1) is 18.5. The van der Waals surface area contributed by atoms with E-state index in [1.165, 1.54) is 0 Å². The fourth-order valence-corrected chi connectivity index (χ4v) is 2.91. The van der Waals surface area contributed by atoms with Crippen LogP contribution in [0.3, 0.4) is 0 Å². The van der Waals surface area contributed by atoms with Crippen molar-refractivity contribution >= 4 is 11.6 Å². The minimum Gasteiger partial charge on any atom is -0.497 e. The summed E-state index contributed by atoms with van der Waals surface area (Å²) in [5.41, 5.74) is 3.96. The summed E-state index contributed by atoms with van der Waals surface area (Å²) in [6.07, 6.45) is 0.156. The van der Waals surface area contributed by atoms with E-state index >= 15 is 0 Å². The number of nitrogens with zero attached hydrogens (tertiary/aromatic N) is 2. The van der Waals surface area contributed by atoms with Crippen LogP contribution in [0, 0.1) is 0 Å². The lowest BCUT2D eigenvalue weighted by Crippen LogP contribution is -2.06. The molecule has 2 aromatic carbocycles. The number of hydrogen-bond donors (Lipinski definition) is 0. The summed E-state index contributed by atoms with van der Waals surface area (Å²) in [6.45, 7) is 5.10. The molecule has 3 rings (SSSR count). The first-order valence-corrected chi connectivity index (χ1v) is 9.01. The molecule has 5 heteroatoms. The predicted octanol–water partition coefficient (Wildman–Crippen LogP) is 5.19. The van der Waals surface area contributed by atoms with Crippen molar-refractivity contribution in [2.24, 2.45) is 0 Å². The van der Waals surface area contributed by atoms with E-state index < -0.39 is 0 Å². The summed E-state index contributed by atoms with van der Waals surface area (Å²) in [6, 6.07) is 17.9. The Kier molecular flexibility index (Phi) is 5.96. The molecule has 0 radical (unpaired) electrons. The Labute approximate surface area is 159 Å². The van der Waals surface area contributed by atoms with Crippen molar-refractivity contribution in [1.29, 1.82) is 0 Å². The lowest BCUT2D eigenvalue weighted by molar-refractivity contribution is 0.0633. The molecule has 26 heavy (non-hydrogen) atoms. The van der Waals surface area contributed by atoms with Crippen molar-refractivity contribution in [2.45, 2.75) is 33.1 Å². The number of ether oxygens (including phenoxy) is 2. The predicted molar refractivity (Wildman–Crippen MR) is 105 cm³/mol. The molecule has 1 heterocycles. The van der Waals surface area contributed by atoms with Gasteiger partial charge in [0.2, 0.25) is 0 Å². The van der Waals surface area contributed by atoms with E-state index in [1.807, 2.05) is 61.0 Å². The topological polar surface area (TPSA) is 36.3 Å². The molecule has 1 aromatic heterocycles. The van der Waals surface area contributed by atoms with Crippen LogP contribution >= 0.6 is 11.6 Å². The molecule has 0 spiro atoms. The Hall–Kier alpha value is -2.30. The first-order valence-electron chi connectivity index (χ1n) is 8.63. The molecule has 136 valence electrons. The number of halogens is 1. The van der Waals surface area contributed by atoms with Crippen LogP contribution in [0.25, 0.3) is 11.3 Å². The van der Waals surface area contributed by atoms with E-state index in [2.05, 4.69) is 12.1 Å². The molecule has 0 fully saturated rings. The van der Waals surface area contributed by atoms with Gasteiger partial charge in [-0.15, -0.1) is 0 Å². The fourth-order valence-electron chi connectivity index (χ4n) is 2.72. The fraction of sp³-hybridized carbons (Fsp3) is 0.286. The Bertz CT molecular complexity index is 874. The molecule has 0 saturated carbocycles. The van der Waals surface area contributed by atoms with Crippen LogP contribution in [-0.2, 0) is 17.9 Å². The molecule has 0 unspecified atom stereocenters. The van der Waals surface area contributed by atoms with Gasteiger partial charge >= 0.3 is 0 Å². The van der Waals surface area contributed by atoms with Gasteiger partial charge in [0, 0.05) is 10.6 Å². The van der Waals surface area contributed by atoms with Crippen molar-refractivity contribution < 1.29 is 9.47 Å². The summed E-state index contributed by atoms with van der Waals surface area (Å²) < 4.78 is 13.1. The van der Waals surface area contributed by atoms with E-state index in [0.29, 0.717) is 13.2 Å². The van der Waals surface area contributed by atoms with Gasteiger partial charge in [-0.25, -0.2) is 0 Å². The molecule has 0 aliphatic heterocycles. The van der Waals surface area contributed by atoms with Crippen LogP contribution in [0.4, 0.5) is 0 Å². The van der Waals surface area contributed by atoms with Gasteiger partial charge in [0.1, 0.15) is 5.75 Å². The Morgan fingerprint density at radius 3 is 2.62 bits per heavy atom. The second-order valence-electron chi connectivity index (χ2n) is 6.36. The van der Waals surface area contributed by atoms with Gasteiger partial charge < -0.3 is 9.47 Å². The molecule has 0 aliphatic rings. The van der Waals surface area contributed by atoms with Crippen LogP contribution < -0.4 is 4.74 Å². The van der Waals surface area contributed by atoms with Crippen molar-refractivity contribution in [3.63, 3.8) is 0 Å². The number of methoxy groups -OCH3 is 1. The second kappa shape index (κ2) is 8.39. The van der Waals surface area contributed by atoms with E-state index in [0.717, 1.165) is 33.3 Å². The van der Waals surface area contributed by atoms with Gasteiger partial charge in [-0.05, 0) is 43.7 Å². The first-order chi connectivity index (χ1) is 12.6. The molecule has 4 nitrogen and oxygen atoms in total. The van der Waals surface area contributed by atoms with Crippen LogP contribution in [0.5, 0.6) is 5.75 Å². The molecular formula is C21H23ClN2O2. The summed E-state index contributed by atoms with van der Waals surface area (Å²) in [5, 5.41) is 5.48. The Balaban J connectivity index is 1.98. The minimum absolute atomic E-state index is 0.156. The lowest BCUT2D eigenvalue weighted by Gasteiger charge is -2.10. The maximum Gasteiger partial charge on any atom is 0.119 e. The molecule has 0 bridgehead atoms. The van der Waals surface area contributed by atoms with Gasteiger partial charge in [-0.1, -0.05) is 41.9 Å². The maximum atomic E-state index is 6.34. The van der Waals surface area contributed by atoms with Crippen molar-refractivity contribution in [3.05, 3.63) is 70.9 Å². The highest BCUT2D eigenvalue weighted by Crippen LogP contribution is 2.27. The third-order valence-electron chi connectivity index (χ3n) is 4.04. The normalized spacial score (nSPS) is 11.1. The lowest BCUT2D eigenvalue weighted by atomic mass is 10.1. The van der Waals surface area contributed by atoms with Crippen LogP contribution in [-0.4, -0.2) is 23.0 Å². The quantitative estimate of drug-likeness (QED) is 0.574. The SMILES string of the molecule is COc1cccc(-c2cc(COC(C)C)nn2Cc2ccccc2Cl)c1. The Morgan fingerprint density at radius 2 is 1.88 bits per heavy atom. The highest BCUT2D eigenvalue weighted by Gasteiger charge is 2.13. The second-order valence-corrected chi connectivity index (χ2v) is 6.77. The van der Waals surface area contributed by atoms with Crippen LogP contribution in [0.15, 0.2) is 54.6 Å². The summed E-state index contributed by atoms with van der Waals surface area (Å²) in [7, 11) is 1.67. The molecule has 0 saturated heterocycles. The Morgan fingerprint density at radius 1 is 1.08 bits per heavy atom. The molecule has 0 N–H and O–H groups in total. The largest absolute Gasteiger partial charge is 0.497 e. The average Bonchev–Trinajstić information content (AvgIpc) is 3.05. The molecule has 0 aliphatic carbocycles. The average molecular weight is 371 g/mol. The number of aromatic nitrogens is 2. The van der Waals surface area contributed by atoms with Crippen molar-refractivity contribution in [2.75, 3.05) is 7.11 Å². The standard InChI is InChI=1S/C21H23ClN2O2/c1-15(2)26-14-18-12-21(16-8-6-9-19(11-16)25-3)24(23-18)13-17-7-4-5-10-20(17)22/h4-12,15H,13-14H2,1-3H3. The van der Waals surface area contributed by atoms with E-state index in [1.54, 1.807) is 7.11 Å². The highest BCUT2D eigenvalue weighted by atomic mass is 35.5. The zero-order chi connectivity index (χ0) is 18.5. The van der Waals surface area contributed by atoms with Crippen LogP contribution in [0.2, 0.25) is 5.02 Å². The third kappa shape index (κ3) is 4.45. The van der Waals surface area contributed by atoms with E-state index in [9.17, 15) is 0 Å². The van der Waals surface area contributed by atoms with Gasteiger partial charge in [0.25, 0.3) is 0 Å². The summed E-state index contributed by atoms with van der Waals surface area (Å²) in [4.78, 5) is 0. The zero-order valence-corrected chi connectivity index (χ0v) is 16.0. The summed E-state index contributed by atoms with van der Waals surface area (Å²) >= 11 is 6.34. The maximum absolute atomic E-state index is 6.34. The minimum atomic E-state index is 0.156. The van der Waals surface area contributed by atoms with Crippen molar-refractivity contribution in [1.82, 2.24) is 9.78 Å². The molecule has 0 atom stereocenters. The molecular weight excluding hydrogens is 348 g/mol. The van der Waals surface area contributed by atoms with E-state index in [4.69, 9.17) is 26.2 Å². The van der Waals surface area contributed by atoms with Gasteiger partial charge in [-0.3, -0.25) is 4.68 Å². The smallest absolute Gasteiger partial charge is 0.119 e. The zero-order valence-electron chi connectivity index (χ0n) is 15.3. The third-order valence-corrected chi connectivity index (χ3v) is 4.41. The monoisotopic (exact) mass is 370 g/mol. The van der Waals surface area contributed by atoms with Crippen molar-refractivity contribution in [3.8, 4) is 17.0 Å². The van der Waals surface area contributed by atoms with Gasteiger partial charge in [0.05, 0.1) is 37.8 Å².